The van der Waals surface area contributed by atoms with Gasteiger partial charge in [0.05, 0.1) is 6.10 Å². The van der Waals surface area contributed by atoms with Crippen LogP contribution in [0.25, 0.3) is 0 Å². The molecule has 0 amide bonds. The molecule has 3 N–H and O–H groups in total. The molecule has 0 radical (unpaired) electrons. The highest BCUT2D eigenvalue weighted by atomic mass is 16.6. The molecule has 0 aromatic heterocycles. The third kappa shape index (κ3) is 17.6. The number of hydrogen-bond donors (Lipinski definition) is 3. The summed E-state index contributed by atoms with van der Waals surface area (Å²) in [4.78, 5) is 8.56. The summed E-state index contributed by atoms with van der Waals surface area (Å²) in [6.45, 7) is 6.47. The monoisotopic (exact) mass is 262 g/mol. The average Bonchev–Trinajstić information content (AvgIpc) is 2.31. The lowest BCUT2D eigenvalue weighted by Gasteiger charge is -2.16. The summed E-state index contributed by atoms with van der Waals surface area (Å²) >= 11 is 0. The molecule has 2 atom stereocenters. The summed E-state index contributed by atoms with van der Waals surface area (Å²) in [5, 5.41) is 23.5. The van der Waals surface area contributed by atoms with Crippen molar-refractivity contribution in [2.24, 2.45) is 5.92 Å². The first-order chi connectivity index (χ1) is 8.45. The molecule has 0 fully saturated rings. The highest BCUT2D eigenvalue weighted by Crippen LogP contribution is 2.16. The van der Waals surface area contributed by atoms with Gasteiger partial charge in [-0.25, -0.2) is 4.79 Å². The Labute approximate surface area is 111 Å². The predicted molar refractivity (Wildman–Crippen MR) is 74.1 cm³/mol. The molecule has 18 heavy (non-hydrogen) atoms. The molecule has 0 aliphatic heterocycles. The van der Waals surface area contributed by atoms with E-state index in [-0.39, 0.29) is 6.10 Å². The van der Waals surface area contributed by atoms with E-state index in [1.54, 1.807) is 0 Å². The van der Waals surface area contributed by atoms with Crippen molar-refractivity contribution in [3.8, 4) is 0 Å². The van der Waals surface area contributed by atoms with Crippen LogP contribution >= 0.6 is 0 Å². The topological polar surface area (TPSA) is 77.8 Å². The second-order valence-electron chi connectivity index (χ2n) is 4.79. The van der Waals surface area contributed by atoms with E-state index in [1.807, 2.05) is 0 Å². The molecule has 0 aliphatic carbocycles. The average molecular weight is 262 g/mol. The standard InChI is InChI=1S/C13H28O.CH2O3/c1-4-6-7-8-9-10-11-12(3)13(14)5-2;2-1(3)4/h12-14H,4-11H2,1-3H3;(H2,2,3,4). The molecule has 0 aromatic rings. The van der Waals surface area contributed by atoms with Gasteiger partial charge in [0.1, 0.15) is 0 Å². The maximum atomic E-state index is 9.57. The van der Waals surface area contributed by atoms with E-state index >= 15 is 0 Å². The quantitative estimate of drug-likeness (QED) is 0.539. The van der Waals surface area contributed by atoms with E-state index < -0.39 is 6.16 Å². The van der Waals surface area contributed by atoms with Gasteiger partial charge in [0, 0.05) is 0 Å². The van der Waals surface area contributed by atoms with Crippen molar-refractivity contribution in [3.05, 3.63) is 0 Å². The van der Waals surface area contributed by atoms with Crippen molar-refractivity contribution in [2.45, 2.75) is 78.2 Å². The first-order valence-electron chi connectivity index (χ1n) is 7.05. The Bertz CT molecular complexity index is 179. The van der Waals surface area contributed by atoms with E-state index in [9.17, 15) is 5.11 Å². The van der Waals surface area contributed by atoms with Crippen LogP contribution in [-0.4, -0.2) is 27.6 Å². The van der Waals surface area contributed by atoms with Gasteiger partial charge in [-0.3, -0.25) is 0 Å². The molecule has 4 nitrogen and oxygen atoms in total. The fraction of sp³-hybridized carbons (Fsp3) is 0.929. The minimum absolute atomic E-state index is 0.0781. The lowest BCUT2D eigenvalue weighted by molar-refractivity contribution is 0.106. The van der Waals surface area contributed by atoms with E-state index in [4.69, 9.17) is 15.0 Å². The summed E-state index contributed by atoms with van der Waals surface area (Å²) in [7, 11) is 0. The van der Waals surface area contributed by atoms with Gasteiger partial charge in [0.15, 0.2) is 0 Å². The van der Waals surface area contributed by atoms with Crippen LogP contribution < -0.4 is 0 Å². The molecule has 0 bridgehead atoms. The fourth-order valence-corrected chi connectivity index (χ4v) is 1.84. The summed E-state index contributed by atoms with van der Waals surface area (Å²) < 4.78 is 0. The number of unbranched alkanes of at least 4 members (excludes halogenated alkanes) is 5. The van der Waals surface area contributed by atoms with E-state index in [0.717, 1.165) is 6.42 Å². The Morgan fingerprint density at radius 1 is 1.00 bits per heavy atom. The van der Waals surface area contributed by atoms with Gasteiger partial charge in [0.25, 0.3) is 0 Å². The highest BCUT2D eigenvalue weighted by Gasteiger charge is 2.10. The number of carbonyl (C=O) groups is 1. The zero-order chi connectivity index (χ0) is 14.4. The molecule has 2 unspecified atom stereocenters. The molecular formula is C14H30O4. The van der Waals surface area contributed by atoms with E-state index in [0.29, 0.717) is 5.92 Å². The van der Waals surface area contributed by atoms with Gasteiger partial charge in [-0.2, -0.15) is 0 Å². The van der Waals surface area contributed by atoms with Crippen molar-refractivity contribution >= 4 is 6.16 Å². The lowest BCUT2D eigenvalue weighted by atomic mass is 9.95. The SMILES string of the molecule is CCCCCCCCC(C)C(O)CC.O=C(O)O. The Balaban J connectivity index is 0. The summed E-state index contributed by atoms with van der Waals surface area (Å²) in [6.07, 6.45) is 8.30. The number of aliphatic hydroxyl groups excluding tert-OH is 1. The molecule has 0 aliphatic rings. The summed E-state index contributed by atoms with van der Waals surface area (Å²) in [6, 6.07) is 0. The molecular weight excluding hydrogens is 232 g/mol. The fourth-order valence-electron chi connectivity index (χ4n) is 1.84. The van der Waals surface area contributed by atoms with Gasteiger partial charge < -0.3 is 15.3 Å². The van der Waals surface area contributed by atoms with Gasteiger partial charge in [0.2, 0.25) is 0 Å². The second-order valence-corrected chi connectivity index (χ2v) is 4.79. The Hall–Kier alpha value is -0.770. The van der Waals surface area contributed by atoms with Crippen LogP contribution in [-0.2, 0) is 0 Å². The van der Waals surface area contributed by atoms with Crippen LogP contribution in [0.5, 0.6) is 0 Å². The minimum atomic E-state index is -1.83. The molecule has 110 valence electrons. The smallest absolute Gasteiger partial charge is 0.450 e. The highest BCUT2D eigenvalue weighted by molar-refractivity contribution is 5.53. The largest absolute Gasteiger partial charge is 0.503 e. The van der Waals surface area contributed by atoms with Crippen LogP contribution in [0.1, 0.15) is 72.1 Å². The van der Waals surface area contributed by atoms with Crippen LogP contribution in [0, 0.1) is 5.92 Å². The van der Waals surface area contributed by atoms with Gasteiger partial charge in [-0.05, 0) is 18.8 Å². The van der Waals surface area contributed by atoms with Gasteiger partial charge in [-0.15, -0.1) is 0 Å². The lowest BCUT2D eigenvalue weighted by Crippen LogP contribution is -2.15. The number of hydrogen-bond acceptors (Lipinski definition) is 2. The van der Waals surface area contributed by atoms with Crippen LogP contribution in [0.3, 0.4) is 0 Å². The van der Waals surface area contributed by atoms with Crippen molar-refractivity contribution in [2.75, 3.05) is 0 Å². The zero-order valence-electron chi connectivity index (χ0n) is 12.1. The first-order valence-corrected chi connectivity index (χ1v) is 7.05. The number of carboxylic acid groups (broad SMARTS) is 2. The van der Waals surface area contributed by atoms with Crippen molar-refractivity contribution < 1.29 is 20.1 Å². The normalized spacial score (nSPS) is 13.3. The first kappa shape index (κ1) is 19.6. The molecule has 0 spiro atoms. The third-order valence-electron chi connectivity index (χ3n) is 3.09. The van der Waals surface area contributed by atoms with Crippen LogP contribution in [0.4, 0.5) is 4.79 Å². The molecule has 0 aromatic carbocycles. The van der Waals surface area contributed by atoms with E-state index in [2.05, 4.69) is 20.8 Å². The van der Waals surface area contributed by atoms with Crippen molar-refractivity contribution in [3.63, 3.8) is 0 Å². The predicted octanol–water partition coefficient (Wildman–Crippen LogP) is 4.37. The van der Waals surface area contributed by atoms with Crippen LogP contribution in [0.2, 0.25) is 0 Å². The maximum Gasteiger partial charge on any atom is 0.503 e. The second kappa shape index (κ2) is 14.3. The molecule has 0 saturated carbocycles. The molecule has 0 heterocycles. The van der Waals surface area contributed by atoms with Gasteiger partial charge in [-0.1, -0.05) is 59.3 Å². The van der Waals surface area contributed by atoms with Gasteiger partial charge >= 0.3 is 6.16 Å². The molecule has 4 heteroatoms. The van der Waals surface area contributed by atoms with Crippen molar-refractivity contribution in [1.82, 2.24) is 0 Å². The third-order valence-corrected chi connectivity index (χ3v) is 3.09. The molecule has 0 rings (SSSR count). The van der Waals surface area contributed by atoms with Crippen molar-refractivity contribution in [1.29, 1.82) is 0 Å². The van der Waals surface area contributed by atoms with Crippen LogP contribution in [0.15, 0.2) is 0 Å². The molecule has 0 saturated heterocycles. The maximum absolute atomic E-state index is 9.57. The Morgan fingerprint density at radius 3 is 1.89 bits per heavy atom. The Kier molecular flexibility index (Phi) is 15.5. The Morgan fingerprint density at radius 2 is 1.44 bits per heavy atom. The zero-order valence-corrected chi connectivity index (χ0v) is 12.1. The number of aliphatic hydroxyl groups is 1. The minimum Gasteiger partial charge on any atom is -0.450 e. The van der Waals surface area contributed by atoms with E-state index in [1.165, 1.54) is 44.9 Å². The summed E-state index contributed by atoms with van der Waals surface area (Å²) in [5.41, 5.74) is 0. The summed E-state index contributed by atoms with van der Waals surface area (Å²) in [5.74, 6) is 0.492. The number of rotatable bonds is 9.